The molecular formula is C15H18N2O4. The molecule has 1 rings (SSSR count). The van der Waals surface area contributed by atoms with E-state index in [0.717, 1.165) is 0 Å². The molecule has 0 spiro atoms. The van der Waals surface area contributed by atoms with Crippen LogP contribution in [-0.2, 0) is 14.3 Å². The molecule has 0 fully saturated rings. The number of hydrogen-bond acceptors (Lipinski definition) is 4. The van der Waals surface area contributed by atoms with Crippen LogP contribution < -0.4 is 11.1 Å². The highest BCUT2D eigenvalue weighted by molar-refractivity contribution is 5.97. The lowest BCUT2D eigenvalue weighted by molar-refractivity contribution is -0.137. The lowest BCUT2D eigenvalue weighted by Gasteiger charge is -2.13. The van der Waals surface area contributed by atoms with E-state index in [-0.39, 0.29) is 13.0 Å². The Kier molecular flexibility index (Phi) is 6.67. The summed E-state index contributed by atoms with van der Waals surface area (Å²) in [6.45, 7) is 1.96. The van der Waals surface area contributed by atoms with Crippen LogP contribution in [0.4, 0.5) is 0 Å². The molecule has 0 saturated heterocycles. The van der Waals surface area contributed by atoms with Crippen molar-refractivity contribution in [2.24, 2.45) is 5.73 Å². The van der Waals surface area contributed by atoms with E-state index in [0.29, 0.717) is 5.56 Å². The monoisotopic (exact) mass is 290 g/mol. The summed E-state index contributed by atoms with van der Waals surface area (Å²) in [7, 11) is 0. The summed E-state index contributed by atoms with van der Waals surface area (Å²) in [5.41, 5.74) is 5.66. The van der Waals surface area contributed by atoms with Crippen molar-refractivity contribution in [2.45, 2.75) is 19.4 Å². The first kappa shape index (κ1) is 16.4. The highest BCUT2D eigenvalue weighted by atomic mass is 16.5. The Morgan fingerprint density at radius 1 is 1.29 bits per heavy atom. The zero-order chi connectivity index (χ0) is 15.7. The van der Waals surface area contributed by atoms with E-state index >= 15 is 0 Å². The summed E-state index contributed by atoms with van der Waals surface area (Å²) < 4.78 is 4.71. The molecule has 21 heavy (non-hydrogen) atoms. The van der Waals surface area contributed by atoms with Crippen LogP contribution in [0.25, 0.3) is 0 Å². The van der Waals surface area contributed by atoms with Crippen molar-refractivity contribution in [3.63, 3.8) is 0 Å². The summed E-state index contributed by atoms with van der Waals surface area (Å²) in [4.78, 5) is 34.4. The molecule has 0 bridgehead atoms. The maximum atomic E-state index is 11.9. The van der Waals surface area contributed by atoms with Crippen LogP contribution >= 0.6 is 0 Å². The Morgan fingerprint density at radius 2 is 1.95 bits per heavy atom. The first-order valence-electron chi connectivity index (χ1n) is 6.53. The molecule has 1 atom stereocenters. The molecule has 6 nitrogen and oxygen atoms in total. The van der Waals surface area contributed by atoms with Gasteiger partial charge in [-0.2, -0.15) is 0 Å². The Hall–Kier alpha value is -2.63. The van der Waals surface area contributed by atoms with Gasteiger partial charge in [0.05, 0.1) is 6.61 Å². The van der Waals surface area contributed by atoms with Gasteiger partial charge in [0.15, 0.2) is 0 Å². The Balaban J connectivity index is 2.60. The second-order valence-electron chi connectivity index (χ2n) is 4.18. The van der Waals surface area contributed by atoms with Gasteiger partial charge in [0.2, 0.25) is 5.91 Å². The van der Waals surface area contributed by atoms with Crippen LogP contribution in [0.5, 0.6) is 0 Å². The predicted molar refractivity (Wildman–Crippen MR) is 77.3 cm³/mol. The average molecular weight is 290 g/mol. The molecule has 6 heteroatoms. The van der Waals surface area contributed by atoms with Gasteiger partial charge in [-0.25, -0.2) is 4.79 Å². The zero-order valence-corrected chi connectivity index (χ0v) is 11.7. The molecule has 2 amide bonds. The lowest BCUT2D eigenvalue weighted by Crippen LogP contribution is -2.44. The molecule has 0 aliphatic heterocycles. The van der Waals surface area contributed by atoms with Crippen LogP contribution in [0.3, 0.4) is 0 Å². The maximum absolute atomic E-state index is 11.9. The minimum Gasteiger partial charge on any atom is -0.463 e. The quantitative estimate of drug-likeness (QED) is 0.572. The van der Waals surface area contributed by atoms with Gasteiger partial charge in [-0.05, 0) is 25.5 Å². The normalized spacial score (nSPS) is 11.9. The molecule has 0 heterocycles. The number of hydrogen-bond donors (Lipinski definition) is 2. The van der Waals surface area contributed by atoms with Crippen molar-refractivity contribution in [3.8, 4) is 0 Å². The topological polar surface area (TPSA) is 98.5 Å². The molecule has 0 aliphatic rings. The van der Waals surface area contributed by atoms with E-state index in [4.69, 9.17) is 10.5 Å². The van der Waals surface area contributed by atoms with Crippen LogP contribution in [0.2, 0.25) is 0 Å². The summed E-state index contributed by atoms with van der Waals surface area (Å²) >= 11 is 0. The minimum atomic E-state index is -0.886. The zero-order valence-electron chi connectivity index (χ0n) is 11.7. The first-order valence-corrected chi connectivity index (χ1v) is 6.53. The van der Waals surface area contributed by atoms with Gasteiger partial charge in [0.25, 0.3) is 5.91 Å². The number of nitrogens with two attached hydrogens (primary N) is 1. The van der Waals surface area contributed by atoms with Crippen LogP contribution in [0, 0.1) is 0 Å². The molecular weight excluding hydrogens is 272 g/mol. The number of carbonyl (C=O) groups is 3. The fraction of sp³-hybridized carbons (Fsp3) is 0.267. The van der Waals surface area contributed by atoms with Crippen molar-refractivity contribution < 1.29 is 19.1 Å². The van der Waals surface area contributed by atoms with Gasteiger partial charge in [-0.1, -0.05) is 24.3 Å². The van der Waals surface area contributed by atoms with Gasteiger partial charge in [0.1, 0.15) is 6.04 Å². The van der Waals surface area contributed by atoms with Crippen molar-refractivity contribution in [3.05, 3.63) is 48.0 Å². The number of ether oxygens (including phenoxy) is 1. The van der Waals surface area contributed by atoms with Crippen molar-refractivity contribution in [2.75, 3.05) is 6.61 Å². The fourth-order valence-electron chi connectivity index (χ4n) is 1.57. The van der Waals surface area contributed by atoms with E-state index in [1.54, 1.807) is 37.3 Å². The van der Waals surface area contributed by atoms with Crippen LogP contribution in [-0.4, -0.2) is 30.4 Å². The Labute approximate surface area is 123 Å². The highest BCUT2D eigenvalue weighted by Gasteiger charge is 2.17. The molecule has 112 valence electrons. The standard InChI is InChI=1S/C15H18N2O4/c1-2-21-13(18)10-6-9-12(14(16)19)17-15(20)11-7-4-3-5-8-11/h3-8,10,12H,2,9H2,1H3,(H2,16,19)(H,17,20)/b10-6+/t12-/m0/s1. The van der Waals surface area contributed by atoms with E-state index in [1.807, 2.05) is 0 Å². The summed E-state index contributed by atoms with van der Waals surface area (Å²) in [6, 6.07) is 7.58. The van der Waals surface area contributed by atoms with Gasteiger partial charge < -0.3 is 15.8 Å². The van der Waals surface area contributed by atoms with Gasteiger partial charge in [-0.15, -0.1) is 0 Å². The third-order valence-corrected chi connectivity index (χ3v) is 2.60. The molecule has 1 aromatic rings. The lowest BCUT2D eigenvalue weighted by atomic mass is 10.1. The average Bonchev–Trinajstić information content (AvgIpc) is 2.47. The number of rotatable bonds is 7. The molecule has 0 saturated carbocycles. The summed E-state index contributed by atoms with van der Waals surface area (Å²) in [5, 5.41) is 2.52. The van der Waals surface area contributed by atoms with Crippen LogP contribution in [0.1, 0.15) is 23.7 Å². The second-order valence-corrected chi connectivity index (χ2v) is 4.18. The summed E-state index contributed by atoms with van der Waals surface area (Å²) in [6.07, 6.45) is 2.76. The van der Waals surface area contributed by atoms with E-state index < -0.39 is 23.8 Å². The van der Waals surface area contributed by atoms with Gasteiger partial charge in [-0.3, -0.25) is 9.59 Å². The third kappa shape index (κ3) is 5.90. The first-order chi connectivity index (χ1) is 10.0. The molecule has 0 aromatic heterocycles. The Bertz CT molecular complexity index is 526. The van der Waals surface area contributed by atoms with E-state index in [9.17, 15) is 14.4 Å². The van der Waals surface area contributed by atoms with Crippen molar-refractivity contribution in [1.29, 1.82) is 0 Å². The van der Waals surface area contributed by atoms with E-state index in [1.165, 1.54) is 12.2 Å². The van der Waals surface area contributed by atoms with Crippen molar-refractivity contribution >= 4 is 17.8 Å². The molecule has 0 aliphatic carbocycles. The van der Waals surface area contributed by atoms with Crippen LogP contribution in [0.15, 0.2) is 42.5 Å². The largest absolute Gasteiger partial charge is 0.463 e. The number of esters is 1. The molecule has 1 aromatic carbocycles. The van der Waals surface area contributed by atoms with Gasteiger partial charge in [0, 0.05) is 11.6 Å². The smallest absolute Gasteiger partial charge is 0.330 e. The summed E-state index contributed by atoms with van der Waals surface area (Å²) in [5.74, 6) is -1.58. The SMILES string of the molecule is CCOC(=O)/C=C/C[C@H](NC(=O)c1ccccc1)C(N)=O. The number of primary amides is 1. The second kappa shape index (κ2) is 8.52. The number of amides is 2. The number of carbonyl (C=O) groups excluding carboxylic acids is 3. The fourth-order valence-corrected chi connectivity index (χ4v) is 1.57. The predicted octanol–water partition coefficient (Wildman–Crippen LogP) is 0.780. The molecule has 3 N–H and O–H groups in total. The number of benzene rings is 1. The highest BCUT2D eigenvalue weighted by Crippen LogP contribution is 2.01. The van der Waals surface area contributed by atoms with E-state index in [2.05, 4.69) is 5.32 Å². The maximum Gasteiger partial charge on any atom is 0.330 e. The van der Waals surface area contributed by atoms with Gasteiger partial charge >= 0.3 is 5.97 Å². The Morgan fingerprint density at radius 3 is 2.52 bits per heavy atom. The number of nitrogens with one attached hydrogen (secondary N) is 1. The minimum absolute atomic E-state index is 0.118. The van der Waals surface area contributed by atoms with Crippen molar-refractivity contribution in [1.82, 2.24) is 5.32 Å². The molecule has 0 radical (unpaired) electrons. The molecule has 0 unspecified atom stereocenters. The third-order valence-electron chi connectivity index (χ3n) is 2.60.